The Morgan fingerprint density at radius 2 is 1.90 bits per heavy atom. The number of para-hydroxylation sites is 1. The number of unbranched alkanes of at least 4 members (excludes halogenated alkanes) is 2. The normalized spacial score (nSPS) is 10.2. The van der Waals surface area contributed by atoms with E-state index >= 15 is 0 Å². The summed E-state index contributed by atoms with van der Waals surface area (Å²) in [6.07, 6.45) is 2.52. The highest BCUT2D eigenvalue weighted by molar-refractivity contribution is 5.98. The van der Waals surface area contributed by atoms with Crippen molar-refractivity contribution in [2.24, 2.45) is 0 Å². The van der Waals surface area contributed by atoms with Crippen LogP contribution >= 0.6 is 0 Å². The lowest BCUT2D eigenvalue weighted by molar-refractivity contribution is -0.137. The number of hydrogen-bond donors (Lipinski definition) is 3. The predicted molar refractivity (Wildman–Crippen MR) is 72.8 cm³/mol. The summed E-state index contributed by atoms with van der Waals surface area (Å²) in [6, 6.07) is 4.03. The number of benzene rings is 1. The molecule has 1 aromatic carbocycles. The Balaban J connectivity index is 2.91. The standard InChI is InChI=1S/C14H19NO5/c1-2-3-4-8-15(9-12(17)18)14(20)10-6-5-7-11(16)13(10)19/h5-7,16,19H,2-4,8-9H2,1H3,(H,17,18). The largest absolute Gasteiger partial charge is 0.504 e. The van der Waals surface area contributed by atoms with Gasteiger partial charge in [-0.25, -0.2) is 0 Å². The van der Waals surface area contributed by atoms with Crippen LogP contribution in [0.5, 0.6) is 11.5 Å². The first-order valence-electron chi connectivity index (χ1n) is 6.49. The average molecular weight is 281 g/mol. The molecule has 0 heterocycles. The summed E-state index contributed by atoms with van der Waals surface area (Å²) in [5.41, 5.74) is -0.0947. The summed E-state index contributed by atoms with van der Waals surface area (Å²) in [7, 11) is 0. The zero-order chi connectivity index (χ0) is 15.1. The van der Waals surface area contributed by atoms with E-state index in [0.29, 0.717) is 13.0 Å². The number of aromatic hydroxyl groups is 2. The van der Waals surface area contributed by atoms with Crippen molar-refractivity contribution in [1.29, 1.82) is 0 Å². The molecule has 110 valence electrons. The summed E-state index contributed by atoms with van der Waals surface area (Å²) in [5.74, 6) is -2.64. The molecule has 3 N–H and O–H groups in total. The van der Waals surface area contributed by atoms with E-state index in [0.717, 1.165) is 17.7 Å². The summed E-state index contributed by atoms with van der Waals surface area (Å²) in [4.78, 5) is 24.2. The number of phenolic OH excluding ortho intramolecular Hbond substituents is 2. The molecular weight excluding hydrogens is 262 g/mol. The van der Waals surface area contributed by atoms with Gasteiger partial charge < -0.3 is 20.2 Å². The second kappa shape index (κ2) is 7.37. The highest BCUT2D eigenvalue weighted by Crippen LogP contribution is 2.29. The van der Waals surface area contributed by atoms with Gasteiger partial charge in [0.25, 0.3) is 5.91 Å². The molecule has 1 rings (SSSR count). The number of carboxylic acid groups (broad SMARTS) is 1. The average Bonchev–Trinajstić information content (AvgIpc) is 2.40. The first kappa shape index (κ1) is 15.8. The number of carbonyl (C=O) groups excluding carboxylic acids is 1. The molecular formula is C14H19NO5. The Hall–Kier alpha value is -2.24. The van der Waals surface area contributed by atoms with Crippen LogP contribution in [0, 0.1) is 0 Å². The van der Waals surface area contributed by atoms with Crippen molar-refractivity contribution in [3.63, 3.8) is 0 Å². The van der Waals surface area contributed by atoms with E-state index in [9.17, 15) is 19.8 Å². The Kier molecular flexibility index (Phi) is 5.83. The molecule has 20 heavy (non-hydrogen) atoms. The number of phenols is 2. The Morgan fingerprint density at radius 1 is 1.20 bits per heavy atom. The molecule has 0 radical (unpaired) electrons. The van der Waals surface area contributed by atoms with E-state index in [4.69, 9.17) is 5.11 Å². The summed E-state index contributed by atoms with van der Waals surface area (Å²) < 4.78 is 0. The number of hydrogen-bond acceptors (Lipinski definition) is 4. The molecule has 0 fully saturated rings. The third-order valence-corrected chi connectivity index (χ3v) is 2.89. The van der Waals surface area contributed by atoms with E-state index in [-0.39, 0.29) is 5.56 Å². The maximum atomic E-state index is 12.2. The molecule has 1 aromatic rings. The van der Waals surface area contributed by atoms with Gasteiger partial charge in [0.05, 0.1) is 5.56 Å². The third-order valence-electron chi connectivity index (χ3n) is 2.89. The molecule has 0 atom stereocenters. The molecule has 6 heteroatoms. The van der Waals surface area contributed by atoms with E-state index in [1.807, 2.05) is 6.92 Å². The lowest BCUT2D eigenvalue weighted by Crippen LogP contribution is -2.36. The van der Waals surface area contributed by atoms with E-state index in [1.54, 1.807) is 0 Å². The fourth-order valence-corrected chi connectivity index (χ4v) is 1.84. The summed E-state index contributed by atoms with van der Waals surface area (Å²) >= 11 is 0. The number of carbonyl (C=O) groups is 2. The van der Waals surface area contributed by atoms with Crippen LogP contribution < -0.4 is 0 Å². The van der Waals surface area contributed by atoms with Gasteiger partial charge in [0.1, 0.15) is 6.54 Å². The van der Waals surface area contributed by atoms with Crippen LogP contribution in [-0.4, -0.2) is 45.2 Å². The van der Waals surface area contributed by atoms with Gasteiger partial charge in [-0.2, -0.15) is 0 Å². The number of nitrogens with zero attached hydrogens (tertiary/aromatic N) is 1. The van der Waals surface area contributed by atoms with Crippen molar-refractivity contribution in [2.45, 2.75) is 26.2 Å². The highest BCUT2D eigenvalue weighted by atomic mass is 16.4. The first-order chi connectivity index (χ1) is 9.47. The number of amides is 1. The van der Waals surface area contributed by atoms with Gasteiger partial charge in [0, 0.05) is 6.54 Å². The van der Waals surface area contributed by atoms with Crippen LogP contribution in [0.1, 0.15) is 36.5 Å². The highest BCUT2D eigenvalue weighted by Gasteiger charge is 2.22. The Morgan fingerprint density at radius 3 is 2.50 bits per heavy atom. The fourth-order valence-electron chi connectivity index (χ4n) is 1.84. The maximum absolute atomic E-state index is 12.2. The third kappa shape index (κ3) is 4.15. The minimum Gasteiger partial charge on any atom is -0.504 e. The predicted octanol–water partition coefficient (Wildman–Crippen LogP) is 1.81. The van der Waals surface area contributed by atoms with Crippen molar-refractivity contribution >= 4 is 11.9 Å². The summed E-state index contributed by atoms with van der Waals surface area (Å²) in [6.45, 7) is 1.87. The topological polar surface area (TPSA) is 98.1 Å². The van der Waals surface area contributed by atoms with Crippen LogP contribution in [0.3, 0.4) is 0 Å². The second-order valence-electron chi connectivity index (χ2n) is 4.50. The Bertz CT molecular complexity index is 486. The van der Waals surface area contributed by atoms with Crippen molar-refractivity contribution in [1.82, 2.24) is 4.90 Å². The molecule has 0 saturated heterocycles. The van der Waals surface area contributed by atoms with E-state index in [2.05, 4.69) is 0 Å². The number of rotatable bonds is 7. The van der Waals surface area contributed by atoms with Gasteiger partial charge in [-0.1, -0.05) is 25.8 Å². The molecule has 6 nitrogen and oxygen atoms in total. The minimum atomic E-state index is -1.12. The molecule has 0 unspecified atom stereocenters. The monoisotopic (exact) mass is 281 g/mol. The summed E-state index contributed by atoms with van der Waals surface area (Å²) in [5, 5.41) is 27.9. The minimum absolute atomic E-state index is 0.0947. The van der Waals surface area contributed by atoms with Gasteiger partial charge >= 0.3 is 5.97 Å². The quantitative estimate of drug-likeness (QED) is 0.523. The lowest BCUT2D eigenvalue weighted by Gasteiger charge is -2.21. The molecule has 0 spiro atoms. The van der Waals surface area contributed by atoms with E-state index < -0.39 is 29.9 Å². The molecule has 0 aliphatic carbocycles. The van der Waals surface area contributed by atoms with Crippen LogP contribution in [-0.2, 0) is 4.79 Å². The van der Waals surface area contributed by atoms with Crippen molar-refractivity contribution in [3.05, 3.63) is 23.8 Å². The van der Waals surface area contributed by atoms with Gasteiger partial charge in [-0.05, 0) is 18.6 Å². The zero-order valence-corrected chi connectivity index (χ0v) is 11.4. The number of aliphatic carboxylic acids is 1. The maximum Gasteiger partial charge on any atom is 0.323 e. The van der Waals surface area contributed by atoms with E-state index in [1.165, 1.54) is 18.2 Å². The van der Waals surface area contributed by atoms with Gasteiger partial charge in [-0.15, -0.1) is 0 Å². The fraction of sp³-hybridized carbons (Fsp3) is 0.429. The zero-order valence-electron chi connectivity index (χ0n) is 11.4. The molecule has 0 aliphatic rings. The van der Waals surface area contributed by atoms with Crippen LogP contribution in [0.4, 0.5) is 0 Å². The SMILES string of the molecule is CCCCCN(CC(=O)O)C(=O)c1cccc(O)c1O. The molecule has 0 saturated carbocycles. The molecule has 0 aromatic heterocycles. The smallest absolute Gasteiger partial charge is 0.323 e. The van der Waals surface area contributed by atoms with Crippen LogP contribution in [0.2, 0.25) is 0 Å². The second-order valence-corrected chi connectivity index (χ2v) is 4.50. The van der Waals surface area contributed by atoms with Crippen molar-refractivity contribution in [3.8, 4) is 11.5 Å². The molecule has 0 aliphatic heterocycles. The van der Waals surface area contributed by atoms with Crippen molar-refractivity contribution in [2.75, 3.05) is 13.1 Å². The molecule has 0 bridgehead atoms. The number of carboxylic acids is 1. The van der Waals surface area contributed by atoms with Gasteiger partial charge in [-0.3, -0.25) is 9.59 Å². The first-order valence-corrected chi connectivity index (χ1v) is 6.49. The van der Waals surface area contributed by atoms with Gasteiger partial charge in [0.2, 0.25) is 0 Å². The van der Waals surface area contributed by atoms with Crippen molar-refractivity contribution < 1.29 is 24.9 Å². The lowest BCUT2D eigenvalue weighted by atomic mass is 10.1. The van der Waals surface area contributed by atoms with Gasteiger partial charge in [0.15, 0.2) is 11.5 Å². The van der Waals surface area contributed by atoms with Crippen LogP contribution in [0.25, 0.3) is 0 Å². The molecule has 1 amide bonds. The van der Waals surface area contributed by atoms with Crippen LogP contribution in [0.15, 0.2) is 18.2 Å². The Labute approximate surface area is 117 Å².